The molecule has 0 spiro atoms. The second-order valence-electron chi connectivity index (χ2n) is 15.6. The minimum Gasteiger partial charge on any atom is -0.354 e. The lowest BCUT2D eigenvalue weighted by Gasteiger charge is -2.42. The van der Waals surface area contributed by atoms with E-state index >= 15 is 0 Å². The molecule has 0 bridgehead atoms. The van der Waals surface area contributed by atoms with Crippen molar-refractivity contribution in [1.29, 1.82) is 0 Å². The summed E-state index contributed by atoms with van der Waals surface area (Å²) in [6.45, 7) is 25.0. The topological polar surface area (TPSA) is 107 Å². The highest BCUT2D eigenvalue weighted by Gasteiger charge is 2.35. The van der Waals surface area contributed by atoms with Crippen LogP contribution in [0.2, 0.25) is 0 Å². The maximum Gasteiger partial charge on any atom is 0.257 e. The molecule has 0 aliphatic carbocycles. The zero-order chi connectivity index (χ0) is 48.0. The van der Waals surface area contributed by atoms with Crippen LogP contribution >= 0.6 is 9.24 Å². The number of carbonyl (C=O) groups is 3. The molecule has 3 amide bonds. The van der Waals surface area contributed by atoms with Crippen LogP contribution in [0, 0.1) is 20.8 Å². The van der Waals surface area contributed by atoms with Crippen molar-refractivity contribution in [3.63, 3.8) is 0 Å². The van der Waals surface area contributed by atoms with E-state index in [1.807, 2.05) is 141 Å². The lowest BCUT2D eigenvalue weighted by molar-refractivity contribution is 0.0696. The van der Waals surface area contributed by atoms with Gasteiger partial charge in [0.15, 0.2) is 0 Å². The Morgan fingerprint density at radius 1 is 0.603 bits per heavy atom. The van der Waals surface area contributed by atoms with E-state index in [2.05, 4.69) is 86.8 Å². The Morgan fingerprint density at radius 3 is 1.43 bits per heavy atom. The van der Waals surface area contributed by atoms with Crippen LogP contribution in [0.1, 0.15) is 115 Å². The predicted octanol–water partition coefficient (Wildman–Crippen LogP) is 8.07. The fourth-order valence-corrected chi connectivity index (χ4v) is 8.20. The van der Waals surface area contributed by atoms with Crippen LogP contribution in [0.15, 0.2) is 54.6 Å². The second kappa shape index (κ2) is 29.3. The van der Waals surface area contributed by atoms with Gasteiger partial charge in [-0.05, 0) is 122 Å². The third-order valence-electron chi connectivity index (χ3n) is 11.6. The van der Waals surface area contributed by atoms with Crippen LogP contribution < -0.4 is 30.7 Å². The van der Waals surface area contributed by atoms with Gasteiger partial charge in [0.25, 0.3) is 17.7 Å². The molecule has 13 heteroatoms. The van der Waals surface area contributed by atoms with Gasteiger partial charge in [0, 0.05) is 41.8 Å². The van der Waals surface area contributed by atoms with Crippen molar-refractivity contribution in [3.8, 4) is 0 Å². The van der Waals surface area contributed by atoms with Crippen LogP contribution in [0.3, 0.4) is 0 Å². The van der Waals surface area contributed by atoms with Crippen molar-refractivity contribution in [1.82, 2.24) is 30.7 Å². The first kappa shape index (κ1) is 56.8. The number of aryl methyl sites for hydroxylation is 3. The molecule has 63 heavy (non-hydrogen) atoms. The summed E-state index contributed by atoms with van der Waals surface area (Å²) in [7, 11) is 16.4. The number of benzene rings is 3. The molecule has 0 fully saturated rings. The first-order valence-electron chi connectivity index (χ1n) is 23.1. The van der Waals surface area contributed by atoms with Crippen LogP contribution in [0.4, 0.5) is 17.1 Å². The molecule has 3 aliphatic rings. The Kier molecular flexibility index (Phi) is 26.4. The predicted molar refractivity (Wildman–Crippen MR) is 274 cm³/mol. The lowest BCUT2D eigenvalue weighted by Crippen LogP contribution is -2.53. The van der Waals surface area contributed by atoms with E-state index in [0.29, 0.717) is 0 Å². The molecule has 3 N–H and O–H groups in total. The molecule has 0 saturated heterocycles. The number of nitrogens with zero attached hydrogens (tertiary/aromatic N) is 6. The van der Waals surface area contributed by atoms with E-state index in [4.69, 9.17) is 0 Å². The fourth-order valence-electron chi connectivity index (χ4n) is 8.20. The molecule has 3 aliphatic heterocycles. The van der Waals surface area contributed by atoms with Crippen molar-refractivity contribution in [2.75, 3.05) is 103 Å². The molecule has 4 atom stereocenters. The van der Waals surface area contributed by atoms with Crippen molar-refractivity contribution >= 4 is 44.0 Å². The number of carbonyl (C=O) groups excluding carboxylic acids is 3. The molecule has 0 saturated carbocycles. The third-order valence-corrected chi connectivity index (χ3v) is 11.6. The van der Waals surface area contributed by atoms with Crippen molar-refractivity contribution in [3.05, 3.63) is 88.0 Å². The monoisotopic (exact) mass is 892 g/mol. The minimum absolute atomic E-state index is 0.0549. The van der Waals surface area contributed by atoms with Crippen LogP contribution in [-0.2, 0) is 0 Å². The molecule has 0 aromatic heterocycles. The summed E-state index contributed by atoms with van der Waals surface area (Å²) in [5.41, 5.74) is 8.74. The van der Waals surface area contributed by atoms with Gasteiger partial charge in [0.05, 0.1) is 33.8 Å². The van der Waals surface area contributed by atoms with E-state index in [9.17, 15) is 14.4 Å². The van der Waals surface area contributed by atoms with Crippen LogP contribution in [0.5, 0.6) is 0 Å². The summed E-state index contributed by atoms with van der Waals surface area (Å²) in [6, 6.07) is 18.1. The summed E-state index contributed by atoms with van der Waals surface area (Å²) in [6.07, 6.45) is 4.27. The summed E-state index contributed by atoms with van der Waals surface area (Å²) in [4.78, 5) is 49.8. The van der Waals surface area contributed by atoms with Gasteiger partial charge in [-0.3, -0.25) is 14.4 Å². The standard InChI is InChI=1S/C16H25N3O.C15H23N3O.C14H21N3O.2C2H6.CH5P/c1-5-10-18(3)11-9-14-17-16(20)15-12(2)7-6-8-13(15)19(14)4;1-5-16-10-9-13-17(3)12-8-6-7-11(2)14(12)15(19)18(13)4;1-10-6-5-7-11-13(10)14(18)17(4)12(16(11)3)8-9-15-2;3*1-2/h6-8,14H,5,9-11H2,1-4H3,(H,17,20);6-8,13,16H,5,9-10H2,1-4H3;5-7,12,15H,8-9H2,1-4H3;2*1-2H3;2H2,1H3/t;;12-;;;/m..0.../s1. The van der Waals surface area contributed by atoms with Crippen LogP contribution in [0.25, 0.3) is 0 Å². The van der Waals surface area contributed by atoms with Gasteiger partial charge in [-0.25, -0.2) is 0 Å². The van der Waals surface area contributed by atoms with E-state index in [1.54, 1.807) is 0 Å². The number of rotatable bonds is 12. The van der Waals surface area contributed by atoms with Gasteiger partial charge in [-0.2, -0.15) is 0 Å². The highest BCUT2D eigenvalue weighted by Crippen LogP contribution is 2.34. The average molecular weight is 892 g/mol. The number of amides is 3. The first-order valence-corrected chi connectivity index (χ1v) is 24.3. The number of nitrogens with one attached hydrogen (secondary N) is 3. The Bertz CT molecular complexity index is 1840. The molecule has 3 unspecified atom stereocenters. The fraction of sp³-hybridized carbons (Fsp3) is 0.580. The van der Waals surface area contributed by atoms with E-state index < -0.39 is 0 Å². The van der Waals surface area contributed by atoms with Gasteiger partial charge in [-0.1, -0.05) is 84.6 Å². The Labute approximate surface area is 385 Å². The van der Waals surface area contributed by atoms with Gasteiger partial charge in [0.1, 0.15) is 18.5 Å². The van der Waals surface area contributed by atoms with Gasteiger partial charge < -0.3 is 45.3 Å². The average Bonchev–Trinajstić information content (AvgIpc) is 3.29. The molecule has 6 rings (SSSR count). The van der Waals surface area contributed by atoms with Crippen molar-refractivity contribution < 1.29 is 14.4 Å². The van der Waals surface area contributed by atoms with Crippen molar-refractivity contribution in [2.24, 2.45) is 0 Å². The lowest BCUT2D eigenvalue weighted by atomic mass is 10.0. The van der Waals surface area contributed by atoms with Crippen molar-refractivity contribution in [2.45, 2.75) is 106 Å². The summed E-state index contributed by atoms with van der Waals surface area (Å²) in [5, 5.41) is 9.58. The molecule has 3 aromatic rings. The van der Waals surface area contributed by atoms with E-state index in [1.165, 1.54) is 0 Å². The summed E-state index contributed by atoms with van der Waals surface area (Å²) < 4.78 is 0. The first-order chi connectivity index (χ1) is 30.2. The minimum atomic E-state index is 0.0549. The highest BCUT2D eigenvalue weighted by molar-refractivity contribution is 7.15. The molecular formula is C50H86N9O3P. The van der Waals surface area contributed by atoms with E-state index in [0.717, 1.165) is 109 Å². The van der Waals surface area contributed by atoms with Crippen LogP contribution in [-0.4, -0.2) is 140 Å². The zero-order valence-electron chi connectivity index (χ0n) is 42.3. The zero-order valence-corrected chi connectivity index (χ0v) is 43.4. The smallest absolute Gasteiger partial charge is 0.257 e. The Balaban J connectivity index is 0.000000446. The number of hydrogen-bond acceptors (Lipinski definition) is 9. The summed E-state index contributed by atoms with van der Waals surface area (Å²) >= 11 is 0. The Morgan fingerprint density at radius 2 is 1.02 bits per heavy atom. The normalized spacial score (nSPS) is 17.2. The van der Waals surface area contributed by atoms with Gasteiger partial charge >= 0.3 is 0 Å². The molecule has 0 radical (unpaired) electrons. The third kappa shape index (κ3) is 14.6. The molecular weight excluding hydrogens is 806 g/mol. The van der Waals surface area contributed by atoms with E-state index in [-0.39, 0.29) is 36.2 Å². The maximum absolute atomic E-state index is 12.5. The Hall–Kier alpha value is -4.22. The molecule has 3 heterocycles. The molecule has 12 nitrogen and oxygen atoms in total. The number of anilines is 3. The largest absolute Gasteiger partial charge is 0.354 e. The highest BCUT2D eigenvalue weighted by atomic mass is 31.0. The van der Waals surface area contributed by atoms with Gasteiger partial charge in [-0.15, -0.1) is 9.24 Å². The van der Waals surface area contributed by atoms with Gasteiger partial charge in [0.2, 0.25) is 0 Å². The molecule has 354 valence electrons. The molecule has 3 aromatic carbocycles. The SMILES string of the molecule is CC.CC.CCCN(C)CCC1NC(=O)c2c(C)cccc2N1C.CCNCCC1N(C)C(=O)c2c(C)cccc2N1C.CNCC[C@@H]1N(C)C(=O)c2c(C)cccc2N1C.CP. The maximum atomic E-state index is 12.5. The number of hydrogen-bond donors (Lipinski definition) is 3. The number of fused-ring (bicyclic) bond motifs is 3. The second-order valence-corrected chi connectivity index (χ2v) is 15.6. The quantitative estimate of drug-likeness (QED) is 0.123. The summed E-state index contributed by atoms with van der Waals surface area (Å²) in [5.74, 6) is 0.314.